The average Bonchev–Trinajstić information content (AvgIpc) is 3.02. The Labute approximate surface area is 214 Å². The van der Waals surface area contributed by atoms with E-state index < -0.39 is 27.4 Å². The highest BCUT2D eigenvalue weighted by Crippen LogP contribution is 2.51. The Balaban J connectivity index is 1.63. The minimum Gasteiger partial charge on any atom is -0.426 e. The summed E-state index contributed by atoms with van der Waals surface area (Å²) >= 11 is 5.04. The minimum atomic E-state index is -4.30. The van der Waals surface area contributed by atoms with Gasteiger partial charge in [0, 0.05) is 42.3 Å². The predicted molar refractivity (Wildman–Crippen MR) is 140 cm³/mol. The number of hydrogen-bond donors (Lipinski definition) is 1. The molecule has 3 aliphatic rings. The molecule has 11 heteroatoms. The first kappa shape index (κ1) is 24.9. The third kappa shape index (κ3) is 4.12. The fourth-order valence-corrected chi connectivity index (χ4v) is 5.99. The molecule has 2 aromatic rings. The monoisotopic (exact) mass is 532 g/mol. The van der Waals surface area contributed by atoms with Gasteiger partial charge in [0.2, 0.25) is 0 Å². The molecule has 1 N–H and O–H groups in total. The van der Waals surface area contributed by atoms with Crippen LogP contribution in [0.5, 0.6) is 0 Å². The van der Waals surface area contributed by atoms with E-state index in [-0.39, 0.29) is 33.9 Å². The summed E-state index contributed by atoms with van der Waals surface area (Å²) in [5, 5.41) is 0.513. The topological polar surface area (TPSA) is 117 Å². The molecule has 192 valence electrons. The van der Waals surface area contributed by atoms with Crippen molar-refractivity contribution in [3.8, 4) is 0 Å². The summed E-state index contributed by atoms with van der Waals surface area (Å²) in [7, 11) is -4.30. The van der Waals surface area contributed by atoms with Crippen LogP contribution in [0.25, 0.3) is 17.0 Å². The van der Waals surface area contributed by atoms with Crippen molar-refractivity contribution in [3.63, 3.8) is 0 Å². The van der Waals surface area contributed by atoms with Crippen LogP contribution >= 0.6 is 12.2 Å². The van der Waals surface area contributed by atoms with Crippen molar-refractivity contribution in [2.24, 2.45) is 0 Å². The number of rotatable bonds is 4. The Morgan fingerprint density at radius 1 is 1.11 bits per heavy atom. The Hall–Kier alpha value is -2.76. The molecule has 36 heavy (non-hydrogen) atoms. The van der Waals surface area contributed by atoms with Crippen LogP contribution in [0.15, 0.2) is 27.1 Å². The fraction of sp³-hybridized carbons (Fsp3) is 0.480. The molecule has 1 aromatic carbocycles. The van der Waals surface area contributed by atoms with Crippen LogP contribution in [0, 0.1) is 0 Å². The number of anilines is 1. The zero-order chi connectivity index (χ0) is 26.2. The first-order chi connectivity index (χ1) is 16.7. The number of amides is 1. The normalized spacial score (nSPS) is 21.8. The summed E-state index contributed by atoms with van der Waals surface area (Å²) in [6.07, 6.45) is 3.22. The van der Waals surface area contributed by atoms with Crippen LogP contribution in [-0.2, 0) is 30.5 Å². The number of carbonyl (C=O) groups is 1. The Morgan fingerprint density at radius 3 is 2.44 bits per heavy atom. The molecule has 5 rings (SSSR count). The van der Waals surface area contributed by atoms with Gasteiger partial charge in [-0.1, -0.05) is 27.7 Å². The maximum absolute atomic E-state index is 13.1. The zero-order valence-corrected chi connectivity index (χ0v) is 22.2. The number of thiocarbonyl (C=S) groups is 1. The number of benzene rings is 1. The maximum Gasteiger partial charge on any atom is 0.343 e. The Kier molecular flexibility index (Phi) is 5.62. The molecule has 0 atom stereocenters. The zero-order valence-electron chi connectivity index (χ0n) is 20.6. The van der Waals surface area contributed by atoms with Crippen molar-refractivity contribution in [2.75, 3.05) is 30.3 Å². The first-order valence-corrected chi connectivity index (χ1v) is 13.8. The molecule has 0 aliphatic carbocycles. The van der Waals surface area contributed by atoms with Gasteiger partial charge in [0.1, 0.15) is 5.58 Å². The van der Waals surface area contributed by atoms with Gasteiger partial charge < -0.3 is 14.1 Å². The summed E-state index contributed by atoms with van der Waals surface area (Å²) < 4.78 is 42.4. The smallest absolute Gasteiger partial charge is 0.343 e. The molecule has 0 unspecified atom stereocenters. The lowest BCUT2D eigenvalue weighted by Crippen LogP contribution is -2.44. The van der Waals surface area contributed by atoms with E-state index in [1.165, 1.54) is 17.3 Å². The SMILES string of the molecule is CC1(C)CCN2CCC(C)(C)c3c2c1cc1cc(/C=C2/OC(=S)N(CCS(=O)(=O)O)C2=O)c(=O)oc31. The standard InChI is InChI=1S/C25H28N2O7S2/c1-24(2)5-7-26-8-6-25(3,4)18-19(26)16(24)12-14-11-15(22(29)34-20(14)18)13-17-21(28)27(23(35)33-17)9-10-36(30,31)32/h11-13H,5-10H2,1-4H3,(H,30,31,32)/b17-13+. The molecule has 0 spiro atoms. The molecular weight excluding hydrogens is 504 g/mol. The predicted octanol–water partition coefficient (Wildman–Crippen LogP) is 3.33. The van der Waals surface area contributed by atoms with Crippen molar-refractivity contribution >= 4 is 56.2 Å². The van der Waals surface area contributed by atoms with Gasteiger partial charge in [0.15, 0.2) is 5.76 Å². The van der Waals surface area contributed by atoms with Crippen molar-refractivity contribution in [3.05, 3.63) is 45.0 Å². The third-order valence-corrected chi connectivity index (χ3v) is 8.49. The molecular formula is C25H28N2O7S2. The molecule has 0 radical (unpaired) electrons. The van der Waals surface area contributed by atoms with Crippen LogP contribution in [0.4, 0.5) is 5.69 Å². The number of ether oxygens (including phenoxy) is 1. The van der Waals surface area contributed by atoms with Crippen LogP contribution in [0.2, 0.25) is 0 Å². The van der Waals surface area contributed by atoms with Crippen LogP contribution in [0.1, 0.15) is 57.2 Å². The van der Waals surface area contributed by atoms with Crippen LogP contribution in [0.3, 0.4) is 0 Å². The van der Waals surface area contributed by atoms with Crippen LogP contribution < -0.4 is 10.5 Å². The summed E-state index contributed by atoms with van der Waals surface area (Å²) in [5.74, 6) is -1.60. The molecule has 0 saturated carbocycles. The highest BCUT2D eigenvalue weighted by molar-refractivity contribution is 7.85. The molecule has 1 aromatic heterocycles. The van der Waals surface area contributed by atoms with Gasteiger partial charge in [-0.3, -0.25) is 14.2 Å². The number of carbonyl (C=O) groups excluding carboxylic acids is 1. The van der Waals surface area contributed by atoms with Gasteiger partial charge in [0.25, 0.3) is 21.2 Å². The van der Waals surface area contributed by atoms with E-state index in [0.29, 0.717) is 5.58 Å². The molecule has 1 saturated heterocycles. The van der Waals surface area contributed by atoms with Gasteiger partial charge in [-0.15, -0.1) is 0 Å². The quantitative estimate of drug-likeness (QED) is 0.274. The second-order valence-electron chi connectivity index (χ2n) is 10.9. The van der Waals surface area contributed by atoms with Crippen molar-refractivity contribution < 1.29 is 26.9 Å². The summed E-state index contributed by atoms with van der Waals surface area (Å²) in [4.78, 5) is 29.1. The summed E-state index contributed by atoms with van der Waals surface area (Å²) in [6, 6.07) is 3.78. The summed E-state index contributed by atoms with van der Waals surface area (Å²) in [5.41, 5.74) is 3.23. The molecule has 9 nitrogen and oxygen atoms in total. The van der Waals surface area contributed by atoms with Crippen molar-refractivity contribution in [1.82, 2.24) is 4.90 Å². The lowest BCUT2D eigenvalue weighted by atomic mass is 9.69. The number of fused-ring (bicyclic) bond motifs is 2. The van der Waals surface area contributed by atoms with E-state index in [0.717, 1.165) is 41.8 Å². The van der Waals surface area contributed by atoms with E-state index in [2.05, 4.69) is 38.7 Å². The van der Waals surface area contributed by atoms with E-state index in [1.54, 1.807) is 6.07 Å². The number of hydrogen-bond acceptors (Lipinski definition) is 8. The molecule has 4 heterocycles. The van der Waals surface area contributed by atoms with E-state index in [1.807, 2.05) is 0 Å². The van der Waals surface area contributed by atoms with Gasteiger partial charge in [-0.25, -0.2) is 4.79 Å². The van der Waals surface area contributed by atoms with E-state index in [9.17, 15) is 18.0 Å². The second kappa shape index (κ2) is 8.12. The second-order valence-corrected chi connectivity index (χ2v) is 12.9. The van der Waals surface area contributed by atoms with Crippen molar-refractivity contribution in [1.29, 1.82) is 0 Å². The van der Waals surface area contributed by atoms with Gasteiger partial charge in [-0.05, 0) is 53.6 Å². The first-order valence-electron chi connectivity index (χ1n) is 11.8. The minimum absolute atomic E-state index is 0.0543. The number of nitrogens with zero attached hydrogens (tertiary/aromatic N) is 2. The molecule has 1 fully saturated rings. The molecule has 0 bridgehead atoms. The highest BCUT2D eigenvalue weighted by atomic mass is 32.2. The molecule has 3 aliphatic heterocycles. The van der Waals surface area contributed by atoms with Gasteiger partial charge in [-0.2, -0.15) is 8.42 Å². The molecule has 1 amide bonds. The largest absolute Gasteiger partial charge is 0.426 e. The van der Waals surface area contributed by atoms with E-state index in [4.69, 9.17) is 25.9 Å². The Bertz CT molecular complexity index is 1520. The third-order valence-electron chi connectivity index (χ3n) is 7.49. The fourth-order valence-electron chi connectivity index (χ4n) is 5.31. The lowest BCUT2D eigenvalue weighted by Gasteiger charge is -2.48. The Morgan fingerprint density at radius 2 is 1.78 bits per heavy atom. The van der Waals surface area contributed by atoms with E-state index >= 15 is 0 Å². The summed E-state index contributed by atoms with van der Waals surface area (Å²) in [6.45, 7) is 10.3. The maximum atomic E-state index is 13.1. The average molecular weight is 533 g/mol. The van der Waals surface area contributed by atoms with Gasteiger partial charge >= 0.3 is 5.63 Å². The highest BCUT2D eigenvalue weighted by Gasteiger charge is 2.42. The van der Waals surface area contributed by atoms with Gasteiger partial charge in [0.05, 0.1) is 11.3 Å². The van der Waals surface area contributed by atoms with Crippen molar-refractivity contribution in [2.45, 2.75) is 51.4 Å². The van der Waals surface area contributed by atoms with Crippen LogP contribution in [-0.4, -0.2) is 54.3 Å². The lowest BCUT2D eigenvalue weighted by molar-refractivity contribution is -0.122.